The molecule has 144 valence electrons. The van der Waals surface area contributed by atoms with Crippen LogP contribution in [0, 0.1) is 0 Å². The van der Waals surface area contributed by atoms with Gasteiger partial charge in [-0.3, -0.25) is 4.79 Å². The second-order valence-corrected chi connectivity index (χ2v) is 6.69. The molecule has 4 nitrogen and oxygen atoms in total. The molecule has 3 rings (SSSR count). The maximum atomic E-state index is 12.3. The molecule has 0 aliphatic heterocycles. The molecule has 1 amide bonds. The molecule has 0 aromatic heterocycles. The number of carbonyl (C=O) groups excluding carboxylic acids is 1. The van der Waals surface area contributed by atoms with Crippen LogP contribution in [0.5, 0.6) is 11.5 Å². The first-order valence-corrected chi connectivity index (χ1v) is 9.49. The number of aryl methyl sites for hydroxylation is 1. The molecule has 0 fully saturated rings. The van der Waals surface area contributed by atoms with Gasteiger partial charge in [-0.25, -0.2) is 0 Å². The van der Waals surface area contributed by atoms with E-state index in [1.54, 1.807) is 18.2 Å². The number of anilines is 1. The van der Waals surface area contributed by atoms with E-state index in [1.807, 2.05) is 54.6 Å². The Hall–Kier alpha value is -2.98. The molecule has 0 heterocycles. The highest BCUT2D eigenvalue weighted by Crippen LogP contribution is 2.29. The minimum atomic E-state index is -0.286. The molecule has 0 bridgehead atoms. The average Bonchev–Trinajstić information content (AvgIpc) is 2.73. The van der Waals surface area contributed by atoms with Crippen LogP contribution in [0.25, 0.3) is 0 Å². The van der Waals surface area contributed by atoms with Crippen LogP contribution in [0.3, 0.4) is 0 Å². The van der Waals surface area contributed by atoms with Crippen molar-refractivity contribution in [1.82, 2.24) is 0 Å². The molecular weight excluding hydrogens is 374 g/mol. The standard InChI is InChI=1S/C23H22ClNO3/c1-2-17-8-11-20(12-9-17)27-16-23(26)25-21-14-19(24)10-13-22(21)28-15-18-6-4-3-5-7-18/h3-14H,2,15-16H2,1H3,(H,25,26). The van der Waals surface area contributed by atoms with Gasteiger partial charge < -0.3 is 14.8 Å². The molecule has 28 heavy (non-hydrogen) atoms. The maximum Gasteiger partial charge on any atom is 0.262 e. The van der Waals surface area contributed by atoms with E-state index in [0.717, 1.165) is 12.0 Å². The van der Waals surface area contributed by atoms with Crippen LogP contribution in [0.1, 0.15) is 18.1 Å². The Labute approximate surface area is 170 Å². The zero-order valence-electron chi connectivity index (χ0n) is 15.7. The number of amides is 1. The SMILES string of the molecule is CCc1ccc(OCC(=O)Nc2cc(Cl)ccc2OCc2ccccc2)cc1. The van der Waals surface area contributed by atoms with Crippen molar-refractivity contribution in [3.63, 3.8) is 0 Å². The van der Waals surface area contributed by atoms with Gasteiger partial charge in [0.15, 0.2) is 6.61 Å². The van der Waals surface area contributed by atoms with E-state index in [1.165, 1.54) is 5.56 Å². The molecule has 0 saturated heterocycles. The van der Waals surface area contributed by atoms with Gasteiger partial charge in [0, 0.05) is 5.02 Å². The molecule has 3 aromatic rings. The lowest BCUT2D eigenvalue weighted by molar-refractivity contribution is -0.118. The van der Waals surface area contributed by atoms with Gasteiger partial charge >= 0.3 is 0 Å². The number of halogens is 1. The highest BCUT2D eigenvalue weighted by Gasteiger charge is 2.10. The number of ether oxygens (including phenoxy) is 2. The summed E-state index contributed by atoms with van der Waals surface area (Å²) in [7, 11) is 0. The zero-order valence-corrected chi connectivity index (χ0v) is 16.4. The Morgan fingerprint density at radius 1 is 0.929 bits per heavy atom. The highest BCUT2D eigenvalue weighted by atomic mass is 35.5. The fourth-order valence-electron chi connectivity index (χ4n) is 2.62. The minimum absolute atomic E-state index is 0.101. The van der Waals surface area contributed by atoms with E-state index in [-0.39, 0.29) is 12.5 Å². The van der Waals surface area contributed by atoms with Crippen molar-refractivity contribution >= 4 is 23.2 Å². The smallest absolute Gasteiger partial charge is 0.262 e. The second-order valence-electron chi connectivity index (χ2n) is 6.25. The third-order valence-corrected chi connectivity index (χ3v) is 4.39. The lowest BCUT2D eigenvalue weighted by atomic mass is 10.2. The zero-order chi connectivity index (χ0) is 19.8. The van der Waals surface area contributed by atoms with E-state index in [9.17, 15) is 4.79 Å². The van der Waals surface area contributed by atoms with Gasteiger partial charge in [-0.1, -0.05) is 61.0 Å². The summed E-state index contributed by atoms with van der Waals surface area (Å²) in [5, 5.41) is 3.32. The van der Waals surface area contributed by atoms with E-state index < -0.39 is 0 Å². The fourth-order valence-corrected chi connectivity index (χ4v) is 2.79. The Morgan fingerprint density at radius 3 is 2.39 bits per heavy atom. The van der Waals surface area contributed by atoms with Crippen LogP contribution in [-0.4, -0.2) is 12.5 Å². The third kappa shape index (κ3) is 5.76. The van der Waals surface area contributed by atoms with Crippen molar-refractivity contribution in [2.24, 2.45) is 0 Å². The summed E-state index contributed by atoms with van der Waals surface area (Å²) in [6.45, 7) is 2.38. The summed E-state index contributed by atoms with van der Waals surface area (Å²) in [5.74, 6) is 0.916. The van der Waals surface area contributed by atoms with E-state index in [2.05, 4.69) is 12.2 Å². The first-order valence-electron chi connectivity index (χ1n) is 9.12. The molecule has 3 aromatic carbocycles. The summed E-state index contributed by atoms with van der Waals surface area (Å²) in [6, 6.07) is 22.6. The van der Waals surface area contributed by atoms with Crippen molar-refractivity contribution in [2.75, 3.05) is 11.9 Å². The molecule has 0 atom stereocenters. The molecular formula is C23H22ClNO3. The van der Waals surface area contributed by atoms with Crippen molar-refractivity contribution in [2.45, 2.75) is 20.0 Å². The number of nitrogens with one attached hydrogen (secondary N) is 1. The van der Waals surface area contributed by atoms with Crippen molar-refractivity contribution < 1.29 is 14.3 Å². The molecule has 5 heteroatoms. The fraction of sp³-hybridized carbons (Fsp3) is 0.174. The number of rotatable bonds is 8. The lowest BCUT2D eigenvalue weighted by Crippen LogP contribution is -2.20. The molecule has 0 radical (unpaired) electrons. The predicted octanol–water partition coefficient (Wildman–Crippen LogP) is 5.50. The summed E-state index contributed by atoms with van der Waals surface area (Å²) >= 11 is 6.08. The van der Waals surface area contributed by atoms with Crippen molar-refractivity contribution in [3.8, 4) is 11.5 Å². The Morgan fingerprint density at radius 2 is 1.68 bits per heavy atom. The number of benzene rings is 3. The first kappa shape index (κ1) is 19.8. The van der Waals surface area contributed by atoms with E-state index >= 15 is 0 Å². The number of hydrogen-bond acceptors (Lipinski definition) is 3. The summed E-state index contributed by atoms with van der Waals surface area (Å²) in [4.78, 5) is 12.3. The molecule has 0 aliphatic rings. The highest BCUT2D eigenvalue weighted by molar-refractivity contribution is 6.31. The van der Waals surface area contributed by atoms with Gasteiger partial charge in [-0.2, -0.15) is 0 Å². The second kappa shape index (κ2) is 9.81. The van der Waals surface area contributed by atoms with Gasteiger partial charge in [0.25, 0.3) is 5.91 Å². The van der Waals surface area contributed by atoms with Gasteiger partial charge in [0.1, 0.15) is 18.1 Å². The summed E-state index contributed by atoms with van der Waals surface area (Å²) in [6.07, 6.45) is 0.960. The average molecular weight is 396 g/mol. The minimum Gasteiger partial charge on any atom is -0.487 e. The maximum absolute atomic E-state index is 12.3. The Bertz CT molecular complexity index is 911. The monoisotopic (exact) mass is 395 g/mol. The molecule has 0 aliphatic carbocycles. The number of hydrogen-bond donors (Lipinski definition) is 1. The van der Waals surface area contributed by atoms with Crippen LogP contribution in [0.15, 0.2) is 72.8 Å². The Balaban J connectivity index is 1.60. The first-order chi connectivity index (χ1) is 13.6. The van der Waals surface area contributed by atoms with Crippen LogP contribution in [0.4, 0.5) is 5.69 Å². The molecule has 0 saturated carbocycles. The van der Waals surface area contributed by atoms with Crippen LogP contribution in [0.2, 0.25) is 5.02 Å². The van der Waals surface area contributed by atoms with Crippen LogP contribution < -0.4 is 14.8 Å². The number of carbonyl (C=O) groups is 1. The Kier molecular flexibility index (Phi) is 6.93. The van der Waals surface area contributed by atoms with Crippen molar-refractivity contribution in [3.05, 3.63) is 88.9 Å². The van der Waals surface area contributed by atoms with Crippen LogP contribution in [-0.2, 0) is 17.8 Å². The molecule has 1 N–H and O–H groups in total. The largest absolute Gasteiger partial charge is 0.487 e. The van der Waals surface area contributed by atoms with Crippen LogP contribution >= 0.6 is 11.6 Å². The third-order valence-electron chi connectivity index (χ3n) is 4.15. The normalized spacial score (nSPS) is 10.4. The molecule has 0 spiro atoms. The quantitative estimate of drug-likeness (QED) is 0.548. The van der Waals surface area contributed by atoms with E-state index in [4.69, 9.17) is 21.1 Å². The topological polar surface area (TPSA) is 47.6 Å². The van der Waals surface area contributed by atoms with E-state index in [0.29, 0.717) is 28.8 Å². The van der Waals surface area contributed by atoms with Gasteiger partial charge in [0.05, 0.1) is 5.69 Å². The summed E-state index contributed by atoms with van der Waals surface area (Å²) in [5.41, 5.74) is 2.77. The predicted molar refractivity (Wildman–Crippen MR) is 112 cm³/mol. The molecule has 0 unspecified atom stereocenters. The van der Waals surface area contributed by atoms with Gasteiger partial charge in [-0.05, 0) is 47.9 Å². The van der Waals surface area contributed by atoms with Gasteiger partial charge in [-0.15, -0.1) is 0 Å². The van der Waals surface area contributed by atoms with Crippen molar-refractivity contribution in [1.29, 1.82) is 0 Å². The summed E-state index contributed by atoms with van der Waals surface area (Å²) < 4.78 is 11.4. The lowest BCUT2D eigenvalue weighted by Gasteiger charge is -2.13. The van der Waals surface area contributed by atoms with Gasteiger partial charge in [0.2, 0.25) is 0 Å².